The summed E-state index contributed by atoms with van der Waals surface area (Å²) in [5.41, 5.74) is 1.27. The zero-order chi connectivity index (χ0) is 14.4. The first-order valence-corrected chi connectivity index (χ1v) is 7.35. The minimum Gasteiger partial charge on any atom is -0.366 e. The van der Waals surface area contributed by atoms with E-state index in [9.17, 15) is 4.79 Å². The lowest BCUT2D eigenvalue weighted by molar-refractivity contribution is -0.146. The quantitative estimate of drug-likeness (QED) is 0.902. The van der Waals surface area contributed by atoms with Crippen molar-refractivity contribution in [2.75, 3.05) is 26.7 Å². The second-order valence-electron chi connectivity index (χ2n) is 5.26. The Morgan fingerprint density at radius 1 is 1.43 bits per heavy atom. The Morgan fingerprint density at radius 2 is 2.14 bits per heavy atom. The number of hydrogen-bond acceptors (Lipinski definition) is 3. The topological polar surface area (TPSA) is 41.6 Å². The van der Waals surface area contributed by atoms with E-state index in [1.165, 1.54) is 5.56 Å². The summed E-state index contributed by atoms with van der Waals surface area (Å²) in [5, 5.41) is 3.20. The molecule has 1 aromatic carbocycles. The fraction of sp³-hybridized carbons (Fsp3) is 0.562. The van der Waals surface area contributed by atoms with Gasteiger partial charge in [-0.2, -0.15) is 0 Å². The van der Waals surface area contributed by atoms with Gasteiger partial charge in [-0.15, -0.1) is 12.4 Å². The van der Waals surface area contributed by atoms with Gasteiger partial charge in [0.1, 0.15) is 6.10 Å². The van der Waals surface area contributed by atoms with E-state index in [0.717, 1.165) is 19.4 Å². The first kappa shape index (κ1) is 18.0. The first-order valence-electron chi connectivity index (χ1n) is 7.35. The van der Waals surface area contributed by atoms with Gasteiger partial charge in [-0.1, -0.05) is 37.3 Å². The third-order valence-corrected chi connectivity index (χ3v) is 3.88. The average Bonchev–Trinajstić information content (AvgIpc) is 2.53. The van der Waals surface area contributed by atoms with E-state index < -0.39 is 0 Å². The lowest BCUT2D eigenvalue weighted by Crippen LogP contribution is -2.51. The van der Waals surface area contributed by atoms with Gasteiger partial charge in [-0.3, -0.25) is 4.79 Å². The van der Waals surface area contributed by atoms with Gasteiger partial charge < -0.3 is 15.0 Å². The molecular weight excluding hydrogens is 288 g/mol. The number of carbonyl (C=O) groups is 1. The molecule has 0 spiro atoms. The minimum absolute atomic E-state index is 0. The summed E-state index contributed by atoms with van der Waals surface area (Å²) >= 11 is 0. The van der Waals surface area contributed by atoms with Gasteiger partial charge in [0.2, 0.25) is 0 Å². The molecule has 0 aliphatic carbocycles. The molecule has 1 amide bonds. The molecule has 0 saturated carbocycles. The molecule has 2 rings (SSSR count). The number of nitrogens with zero attached hydrogens (tertiary/aromatic N) is 1. The molecule has 21 heavy (non-hydrogen) atoms. The lowest BCUT2D eigenvalue weighted by Gasteiger charge is -2.32. The molecule has 0 radical (unpaired) electrons. The van der Waals surface area contributed by atoms with Crippen molar-refractivity contribution in [3.63, 3.8) is 0 Å². The van der Waals surface area contributed by atoms with Crippen LogP contribution >= 0.6 is 12.4 Å². The van der Waals surface area contributed by atoms with E-state index >= 15 is 0 Å². The number of carbonyl (C=O) groups excluding carboxylic acids is 1. The molecule has 1 N–H and O–H groups in total. The molecule has 118 valence electrons. The summed E-state index contributed by atoms with van der Waals surface area (Å²) in [4.78, 5) is 14.3. The number of halogens is 1. The Morgan fingerprint density at radius 3 is 2.71 bits per heavy atom. The van der Waals surface area contributed by atoms with Crippen molar-refractivity contribution in [2.24, 2.45) is 0 Å². The molecule has 4 nitrogen and oxygen atoms in total. The fourth-order valence-corrected chi connectivity index (χ4v) is 2.57. The van der Waals surface area contributed by atoms with E-state index in [1.807, 2.05) is 30.1 Å². The van der Waals surface area contributed by atoms with E-state index in [4.69, 9.17) is 4.74 Å². The largest absolute Gasteiger partial charge is 0.366 e. The number of likely N-dealkylation sites (N-methyl/N-ethyl adjacent to an activating group) is 1. The molecule has 1 heterocycles. The molecule has 0 bridgehead atoms. The summed E-state index contributed by atoms with van der Waals surface area (Å²) in [6.07, 6.45) is 1.50. The number of amides is 1. The Kier molecular flexibility index (Phi) is 7.72. The van der Waals surface area contributed by atoms with E-state index in [0.29, 0.717) is 13.2 Å². The number of ether oxygens (including phenoxy) is 1. The van der Waals surface area contributed by atoms with Gasteiger partial charge in [-0.25, -0.2) is 0 Å². The van der Waals surface area contributed by atoms with Crippen molar-refractivity contribution >= 4 is 18.3 Å². The highest BCUT2D eigenvalue weighted by Gasteiger charge is 2.28. The Balaban J connectivity index is 0.00000220. The molecule has 5 heteroatoms. The van der Waals surface area contributed by atoms with Crippen LogP contribution in [-0.2, 0) is 16.0 Å². The van der Waals surface area contributed by atoms with Crippen LogP contribution in [0.5, 0.6) is 0 Å². The van der Waals surface area contributed by atoms with Gasteiger partial charge in [0.25, 0.3) is 5.91 Å². The maximum absolute atomic E-state index is 12.4. The van der Waals surface area contributed by atoms with E-state index in [1.54, 1.807) is 0 Å². The average molecular weight is 313 g/mol. The second-order valence-corrected chi connectivity index (χ2v) is 5.26. The van der Waals surface area contributed by atoms with Crippen LogP contribution in [0.4, 0.5) is 0 Å². The normalized spacial score (nSPS) is 19.4. The van der Waals surface area contributed by atoms with Gasteiger partial charge in [0.15, 0.2) is 0 Å². The van der Waals surface area contributed by atoms with Crippen molar-refractivity contribution in [1.82, 2.24) is 10.2 Å². The van der Waals surface area contributed by atoms with Crippen molar-refractivity contribution in [3.05, 3.63) is 35.9 Å². The Hall–Kier alpha value is -1.10. The van der Waals surface area contributed by atoms with E-state index in [2.05, 4.69) is 24.4 Å². The maximum atomic E-state index is 12.4. The van der Waals surface area contributed by atoms with Crippen LogP contribution in [0.2, 0.25) is 0 Å². The summed E-state index contributed by atoms with van der Waals surface area (Å²) in [6.45, 7) is 4.18. The Labute approximate surface area is 133 Å². The number of nitrogens with one attached hydrogen (secondary N) is 1. The molecule has 2 atom stereocenters. The molecular formula is C16H25ClN2O2. The summed E-state index contributed by atoms with van der Waals surface area (Å²) < 4.78 is 5.55. The number of rotatable bonds is 5. The van der Waals surface area contributed by atoms with Gasteiger partial charge in [-0.05, 0) is 18.4 Å². The maximum Gasteiger partial charge on any atom is 0.253 e. The zero-order valence-electron chi connectivity index (χ0n) is 12.7. The van der Waals surface area contributed by atoms with Crippen molar-refractivity contribution in [3.8, 4) is 0 Å². The van der Waals surface area contributed by atoms with Crippen LogP contribution in [-0.4, -0.2) is 49.7 Å². The fourth-order valence-electron chi connectivity index (χ4n) is 2.57. The number of hydrogen-bond donors (Lipinski definition) is 1. The highest BCUT2D eigenvalue weighted by atomic mass is 35.5. The molecule has 2 unspecified atom stereocenters. The van der Waals surface area contributed by atoms with Crippen LogP contribution in [0.1, 0.15) is 18.9 Å². The number of morpholine rings is 1. The SMILES string of the molecule is CCC(Cc1ccccc1)N(C)C(=O)C1CNCCO1.Cl. The smallest absolute Gasteiger partial charge is 0.253 e. The third kappa shape index (κ3) is 4.99. The third-order valence-electron chi connectivity index (χ3n) is 3.88. The predicted octanol–water partition coefficient (Wildman–Crippen LogP) is 1.88. The summed E-state index contributed by atoms with van der Waals surface area (Å²) in [5.74, 6) is 0.0833. The van der Waals surface area contributed by atoms with Crippen molar-refractivity contribution in [2.45, 2.75) is 31.9 Å². The molecule has 1 fully saturated rings. The van der Waals surface area contributed by atoms with Crippen LogP contribution in [0, 0.1) is 0 Å². The van der Waals surface area contributed by atoms with Gasteiger partial charge in [0, 0.05) is 26.2 Å². The van der Waals surface area contributed by atoms with Gasteiger partial charge in [0.05, 0.1) is 6.61 Å². The molecule has 1 aliphatic heterocycles. The van der Waals surface area contributed by atoms with Crippen LogP contribution < -0.4 is 5.32 Å². The van der Waals surface area contributed by atoms with Crippen LogP contribution in [0.3, 0.4) is 0 Å². The van der Waals surface area contributed by atoms with Crippen molar-refractivity contribution in [1.29, 1.82) is 0 Å². The summed E-state index contributed by atoms with van der Waals surface area (Å²) in [6, 6.07) is 10.5. The molecule has 1 aromatic rings. The van der Waals surface area contributed by atoms with Gasteiger partial charge >= 0.3 is 0 Å². The zero-order valence-corrected chi connectivity index (χ0v) is 13.6. The highest BCUT2D eigenvalue weighted by Crippen LogP contribution is 2.13. The molecule has 1 aliphatic rings. The monoisotopic (exact) mass is 312 g/mol. The lowest BCUT2D eigenvalue weighted by atomic mass is 10.0. The number of benzene rings is 1. The molecule has 0 aromatic heterocycles. The first-order chi connectivity index (χ1) is 9.72. The van der Waals surface area contributed by atoms with E-state index in [-0.39, 0.29) is 30.5 Å². The van der Waals surface area contributed by atoms with Crippen molar-refractivity contribution < 1.29 is 9.53 Å². The standard InChI is InChI=1S/C16H24N2O2.ClH/c1-3-14(11-13-7-5-4-6-8-13)18(2)16(19)15-12-17-9-10-20-15;/h4-8,14-15,17H,3,9-12H2,1-2H3;1H. The minimum atomic E-state index is -0.335. The highest BCUT2D eigenvalue weighted by molar-refractivity contribution is 5.85. The van der Waals surface area contributed by atoms with Crippen LogP contribution in [0.15, 0.2) is 30.3 Å². The van der Waals surface area contributed by atoms with Crippen LogP contribution in [0.25, 0.3) is 0 Å². The Bertz CT molecular complexity index is 422. The predicted molar refractivity (Wildman–Crippen MR) is 86.9 cm³/mol. The molecule has 1 saturated heterocycles. The summed E-state index contributed by atoms with van der Waals surface area (Å²) in [7, 11) is 1.89. The second kappa shape index (κ2) is 9.03.